The van der Waals surface area contributed by atoms with Crippen LogP contribution < -0.4 is 4.90 Å². The second kappa shape index (κ2) is 6.89. The minimum absolute atomic E-state index is 0.0506. The molecule has 3 heterocycles. The molecule has 5 heteroatoms. The zero-order valence-corrected chi connectivity index (χ0v) is 12.3. The molecule has 0 bridgehead atoms. The number of hydrogen-bond donors (Lipinski definition) is 0. The maximum absolute atomic E-state index is 12.3. The lowest BCUT2D eigenvalue weighted by Gasteiger charge is -2.23. The van der Waals surface area contributed by atoms with Crippen LogP contribution in [0.2, 0.25) is 0 Å². The lowest BCUT2D eigenvalue weighted by Crippen LogP contribution is -2.27. The summed E-state index contributed by atoms with van der Waals surface area (Å²) in [6.07, 6.45) is 7.31. The lowest BCUT2D eigenvalue weighted by molar-refractivity contribution is -0.0300. The van der Waals surface area contributed by atoms with Gasteiger partial charge >= 0.3 is 5.97 Å². The van der Waals surface area contributed by atoms with Crippen LogP contribution in [0.4, 0.5) is 5.82 Å². The summed E-state index contributed by atoms with van der Waals surface area (Å²) in [5.74, 6) is 0.462. The molecule has 1 unspecified atom stereocenters. The van der Waals surface area contributed by atoms with Gasteiger partial charge in [0.25, 0.3) is 0 Å². The Labute approximate surface area is 125 Å². The van der Waals surface area contributed by atoms with Crippen molar-refractivity contribution in [3.05, 3.63) is 23.9 Å². The van der Waals surface area contributed by atoms with Crippen molar-refractivity contribution >= 4 is 11.8 Å². The second-order valence-electron chi connectivity index (χ2n) is 5.66. The summed E-state index contributed by atoms with van der Waals surface area (Å²) in [5, 5.41) is 0. The van der Waals surface area contributed by atoms with Crippen molar-refractivity contribution in [2.24, 2.45) is 0 Å². The molecule has 0 saturated carbocycles. The van der Waals surface area contributed by atoms with E-state index in [1.54, 1.807) is 18.3 Å². The number of rotatable bonds is 4. The fourth-order valence-corrected chi connectivity index (χ4v) is 2.92. The van der Waals surface area contributed by atoms with Crippen molar-refractivity contribution in [2.75, 3.05) is 31.2 Å². The van der Waals surface area contributed by atoms with E-state index >= 15 is 0 Å². The number of hydrogen-bond acceptors (Lipinski definition) is 5. The number of carbonyl (C=O) groups excluding carboxylic acids is 1. The molecular weight excluding hydrogens is 268 g/mol. The quantitative estimate of drug-likeness (QED) is 0.797. The van der Waals surface area contributed by atoms with E-state index in [0.717, 1.165) is 57.6 Å². The van der Waals surface area contributed by atoms with Gasteiger partial charge in [-0.25, -0.2) is 9.78 Å². The third-order valence-corrected chi connectivity index (χ3v) is 4.09. The van der Waals surface area contributed by atoms with E-state index < -0.39 is 0 Å². The van der Waals surface area contributed by atoms with Crippen LogP contribution in [0.15, 0.2) is 18.3 Å². The van der Waals surface area contributed by atoms with Crippen LogP contribution in [-0.2, 0) is 9.47 Å². The average Bonchev–Trinajstić information content (AvgIpc) is 3.08. The molecule has 5 nitrogen and oxygen atoms in total. The molecule has 21 heavy (non-hydrogen) atoms. The molecule has 2 fully saturated rings. The Kier molecular flexibility index (Phi) is 4.70. The molecule has 0 aromatic carbocycles. The monoisotopic (exact) mass is 290 g/mol. The van der Waals surface area contributed by atoms with Crippen molar-refractivity contribution in [3.63, 3.8) is 0 Å². The minimum atomic E-state index is -0.292. The van der Waals surface area contributed by atoms with E-state index in [-0.39, 0.29) is 12.1 Å². The predicted octanol–water partition coefficient (Wildman–Crippen LogP) is 2.41. The highest BCUT2D eigenvalue weighted by atomic mass is 16.6. The molecule has 0 amide bonds. The summed E-state index contributed by atoms with van der Waals surface area (Å²) in [4.78, 5) is 18.9. The van der Waals surface area contributed by atoms with Crippen molar-refractivity contribution in [2.45, 2.75) is 38.2 Å². The SMILES string of the molecule is O=C(OCC1CCCCO1)c1cccnc1N1CCCC1. The zero-order valence-electron chi connectivity index (χ0n) is 12.3. The first-order chi connectivity index (χ1) is 10.3. The largest absolute Gasteiger partial charge is 0.459 e. The molecule has 0 radical (unpaired) electrons. The predicted molar refractivity (Wildman–Crippen MR) is 79.6 cm³/mol. The number of anilines is 1. The van der Waals surface area contributed by atoms with Gasteiger partial charge in [-0.05, 0) is 44.2 Å². The third kappa shape index (κ3) is 3.53. The molecule has 2 aliphatic rings. The van der Waals surface area contributed by atoms with Crippen molar-refractivity contribution in [1.29, 1.82) is 0 Å². The van der Waals surface area contributed by atoms with Gasteiger partial charge in [-0.2, -0.15) is 0 Å². The van der Waals surface area contributed by atoms with Crippen LogP contribution in [0.3, 0.4) is 0 Å². The van der Waals surface area contributed by atoms with Crippen LogP contribution >= 0.6 is 0 Å². The highest BCUT2D eigenvalue weighted by Crippen LogP contribution is 2.23. The van der Waals surface area contributed by atoms with Crippen LogP contribution in [0.1, 0.15) is 42.5 Å². The van der Waals surface area contributed by atoms with E-state index in [1.807, 2.05) is 0 Å². The number of nitrogens with zero attached hydrogens (tertiary/aromatic N) is 2. The molecule has 0 aliphatic carbocycles. The smallest absolute Gasteiger partial charge is 0.342 e. The first-order valence-electron chi connectivity index (χ1n) is 7.83. The van der Waals surface area contributed by atoms with Crippen LogP contribution in [0.5, 0.6) is 0 Å². The van der Waals surface area contributed by atoms with Gasteiger partial charge in [0.15, 0.2) is 0 Å². The van der Waals surface area contributed by atoms with E-state index in [9.17, 15) is 4.79 Å². The zero-order chi connectivity index (χ0) is 14.5. The van der Waals surface area contributed by atoms with Crippen LogP contribution in [-0.4, -0.2) is 43.4 Å². The van der Waals surface area contributed by atoms with Gasteiger partial charge in [0, 0.05) is 25.9 Å². The molecule has 114 valence electrons. The Morgan fingerprint density at radius 2 is 2.19 bits per heavy atom. The topological polar surface area (TPSA) is 51.7 Å². The number of aromatic nitrogens is 1. The molecular formula is C16H22N2O3. The first kappa shape index (κ1) is 14.3. The first-order valence-corrected chi connectivity index (χ1v) is 7.83. The summed E-state index contributed by atoms with van der Waals surface area (Å²) in [7, 11) is 0. The summed E-state index contributed by atoms with van der Waals surface area (Å²) in [5.41, 5.74) is 0.565. The van der Waals surface area contributed by atoms with Gasteiger partial charge < -0.3 is 14.4 Å². The molecule has 3 rings (SSSR count). The Morgan fingerprint density at radius 3 is 2.95 bits per heavy atom. The number of carbonyl (C=O) groups is 1. The van der Waals surface area contributed by atoms with Gasteiger partial charge in [0.1, 0.15) is 18.0 Å². The average molecular weight is 290 g/mol. The highest BCUT2D eigenvalue weighted by molar-refractivity contribution is 5.94. The van der Waals surface area contributed by atoms with Gasteiger partial charge in [0.05, 0.1) is 6.10 Å². The van der Waals surface area contributed by atoms with E-state index in [0.29, 0.717) is 12.2 Å². The summed E-state index contributed by atoms with van der Waals surface area (Å²) < 4.78 is 11.0. The molecule has 1 aromatic heterocycles. The summed E-state index contributed by atoms with van der Waals surface area (Å²) in [6.45, 7) is 3.04. The number of pyridine rings is 1. The molecule has 0 N–H and O–H groups in total. The molecule has 1 atom stereocenters. The van der Waals surface area contributed by atoms with Gasteiger partial charge in [-0.3, -0.25) is 0 Å². The third-order valence-electron chi connectivity index (χ3n) is 4.09. The lowest BCUT2D eigenvalue weighted by atomic mass is 10.1. The van der Waals surface area contributed by atoms with Crippen molar-refractivity contribution < 1.29 is 14.3 Å². The number of ether oxygens (including phenoxy) is 2. The molecule has 2 saturated heterocycles. The van der Waals surface area contributed by atoms with E-state index in [1.165, 1.54) is 0 Å². The Bertz CT molecular complexity index is 480. The maximum atomic E-state index is 12.3. The van der Waals surface area contributed by atoms with Gasteiger partial charge in [-0.1, -0.05) is 0 Å². The Hall–Kier alpha value is -1.62. The fraction of sp³-hybridized carbons (Fsp3) is 0.625. The van der Waals surface area contributed by atoms with Gasteiger partial charge in [0.2, 0.25) is 0 Å². The number of esters is 1. The summed E-state index contributed by atoms with van der Waals surface area (Å²) in [6, 6.07) is 3.58. The normalized spacial score (nSPS) is 22.3. The fourth-order valence-electron chi connectivity index (χ4n) is 2.92. The van der Waals surface area contributed by atoms with Crippen molar-refractivity contribution in [3.8, 4) is 0 Å². The van der Waals surface area contributed by atoms with E-state index in [2.05, 4.69) is 9.88 Å². The van der Waals surface area contributed by atoms with E-state index in [4.69, 9.17) is 9.47 Å². The molecule has 1 aromatic rings. The van der Waals surface area contributed by atoms with Crippen molar-refractivity contribution in [1.82, 2.24) is 4.98 Å². The highest BCUT2D eigenvalue weighted by Gasteiger charge is 2.23. The molecule has 2 aliphatic heterocycles. The maximum Gasteiger partial charge on any atom is 0.342 e. The standard InChI is InChI=1S/C16H22N2O3/c19-16(21-12-13-6-1-4-11-20-13)14-7-5-8-17-15(14)18-9-2-3-10-18/h5,7-8,13H,1-4,6,9-12H2. The second-order valence-corrected chi connectivity index (χ2v) is 5.66. The summed E-state index contributed by atoms with van der Waals surface area (Å²) >= 11 is 0. The minimum Gasteiger partial charge on any atom is -0.459 e. The molecule has 0 spiro atoms. The Balaban J connectivity index is 1.63. The van der Waals surface area contributed by atoms with Gasteiger partial charge in [-0.15, -0.1) is 0 Å². The van der Waals surface area contributed by atoms with Crippen LogP contribution in [0.25, 0.3) is 0 Å². The van der Waals surface area contributed by atoms with Crippen LogP contribution in [0, 0.1) is 0 Å². The Morgan fingerprint density at radius 1 is 1.33 bits per heavy atom.